The van der Waals surface area contributed by atoms with Crippen LogP contribution >= 0.6 is 11.5 Å². The minimum absolute atomic E-state index is 0.00251. The van der Waals surface area contributed by atoms with Gasteiger partial charge in [0.05, 0.1) is 12.1 Å². The Balaban J connectivity index is 1.35. The van der Waals surface area contributed by atoms with Gasteiger partial charge in [-0.1, -0.05) is 18.2 Å². The summed E-state index contributed by atoms with van der Waals surface area (Å²) < 4.78 is 53.0. The summed E-state index contributed by atoms with van der Waals surface area (Å²) in [5, 5.41) is 0.00824. The van der Waals surface area contributed by atoms with E-state index in [1.807, 2.05) is 12.1 Å². The second-order valence-electron chi connectivity index (χ2n) is 8.90. The Morgan fingerprint density at radius 2 is 2.11 bits per heavy atom. The molecule has 182 valence electrons. The number of hydrogen-bond acceptors (Lipinski definition) is 8. The zero-order valence-corrected chi connectivity index (χ0v) is 20.2. The van der Waals surface area contributed by atoms with Crippen molar-refractivity contribution in [3.8, 4) is 0 Å². The molecule has 2 aliphatic rings. The Kier molecular flexibility index (Phi) is 5.46. The fourth-order valence-electron chi connectivity index (χ4n) is 4.99. The molecule has 35 heavy (non-hydrogen) atoms. The van der Waals surface area contributed by atoms with Gasteiger partial charge in [-0.15, -0.1) is 0 Å². The number of aromatic nitrogens is 3. The summed E-state index contributed by atoms with van der Waals surface area (Å²) in [5.41, 5.74) is 3.71. The number of hydrogen-bond donors (Lipinski definition) is 1. The molecule has 1 aliphatic heterocycles. The van der Waals surface area contributed by atoms with Crippen LogP contribution in [0.4, 0.5) is 9.52 Å². The second-order valence-corrected chi connectivity index (χ2v) is 11.3. The minimum atomic E-state index is -4.28. The zero-order chi connectivity index (χ0) is 24.2. The van der Waals surface area contributed by atoms with Crippen molar-refractivity contribution in [2.24, 2.45) is 0 Å². The van der Waals surface area contributed by atoms with E-state index in [0.717, 1.165) is 61.6 Å². The number of fused-ring (bicyclic) bond motifs is 2. The summed E-state index contributed by atoms with van der Waals surface area (Å²) in [5.74, 6) is -1.66. The first-order valence-corrected chi connectivity index (χ1v) is 13.6. The normalized spacial score (nSPS) is 18.4. The molecule has 4 aromatic rings. The lowest BCUT2D eigenvalue weighted by molar-refractivity contribution is 0.107. The molecule has 1 fully saturated rings. The van der Waals surface area contributed by atoms with E-state index in [2.05, 4.69) is 25.0 Å². The summed E-state index contributed by atoms with van der Waals surface area (Å²) in [6.07, 6.45) is 5.46. The predicted octanol–water partition coefficient (Wildman–Crippen LogP) is 3.00. The molecule has 6 rings (SSSR count). The summed E-state index contributed by atoms with van der Waals surface area (Å²) in [7, 11) is -4.28. The van der Waals surface area contributed by atoms with Crippen molar-refractivity contribution in [3.63, 3.8) is 0 Å². The molecular weight excluding hydrogens is 493 g/mol. The number of aryl methyl sites for hydroxylation is 1. The number of benzene rings is 2. The van der Waals surface area contributed by atoms with Crippen LogP contribution in [0.1, 0.15) is 29.5 Å². The minimum Gasteiger partial charge on any atom is -0.408 e. The first-order valence-electron chi connectivity index (χ1n) is 11.3. The molecule has 0 spiro atoms. The number of sulfonamides is 1. The molecule has 2 aromatic heterocycles. The maximum Gasteiger partial charge on any atom is 0.420 e. The van der Waals surface area contributed by atoms with Crippen LogP contribution in [0.2, 0.25) is 0 Å². The van der Waals surface area contributed by atoms with Gasteiger partial charge in [-0.05, 0) is 55.5 Å². The maximum atomic E-state index is 15.0. The Bertz CT molecular complexity index is 1580. The predicted molar refractivity (Wildman–Crippen MR) is 129 cm³/mol. The monoisotopic (exact) mass is 515 g/mol. The van der Waals surface area contributed by atoms with Crippen LogP contribution in [0.25, 0.3) is 11.1 Å². The van der Waals surface area contributed by atoms with Gasteiger partial charge >= 0.3 is 5.76 Å². The van der Waals surface area contributed by atoms with E-state index in [1.165, 1.54) is 28.4 Å². The third-order valence-electron chi connectivity index (χ3n) is 6.89. The SMILES string of the molecule is O=c1oc2cc(S(=O)(=O)Nc3ncns3)c(F)cc2n1Cc1cccc2c1CC(N1CCC1)CC2. The molecule has 9 nitrogen and oxygen atoms in total. The third kappa shape index (κ3) is 4.05. The number of oxazole rings is 1. The van der Waals surface area contributed by atoms with Crippen molar-refractivity contribution < 1.29 is 17.2 Å². The summed E-state index contributed by atoms with van der Waals surface area (Å²) in [6, 6.07) is 8.67. The average molecular weight is 516 g/mol. The van der Waals surface area contributed by atoms with Gasteiger partial charge in [-0.25, -0.2) is 22.6 Å². The van der Waals surface area contributed by atoms with Crippen molar-refractivity contribution >= 4 is 37.8 Å². The molecule has 1 atom stereocenters. The molecule has 3 heterocycles. The van der Waals surface area contributed by atoms with Crippen molar-refractivity contribution in [3.05, 3.63) is 69.7 Å². The highest BCUT2D eigenvalue weighted by atomic mass is 32.2. The van der Waals surface area contributed by atoms with Crippen LogP contribution in [-0.4, -0.2) is 46.4 Å². The molecule has 0 radical (unpaired) electrons. The Morgan fingerprint density at radius 1 is 1.26 bits per heavy atom. The van der Waals surface area contributed by atoms with Gasteiger partial charge < -0.3 is 4.42 Å². The maximum absolute atomic E-state index is 15.0. The van der Waals surface area contributed by atoms with Gasteiger partial charge in [0.1, 0.15) is 17.0 Å². The van der Waals surface area contributed by atoms with E-state index in [9.17, 15) is 13.2 Å². The van der Waals surface area contributed by atoms with E-state index in [-0.39, 0.29) is 22.8 Å². The first kappa shape index (κ1) is 22.4. The molecule has 12 heteroatoms. The lowest BCUT2D eigenvalue weighted by atomic mass is 9.83. The van der Waals surface area contributed by atoms with E-state index >= 15 is 4.39 Å². The van der Waals surface area contributed by atoms with Gasteiger partial charge in [0, 0.05) is 29.7 Å². The first-order chi connectivity index (χ1) is 16.9. The van der Waals surface area contributed by atoms with Crippen LogP contribution in [0.5, 0.6) is 0 Å². The number of halogens is 1. The Hall–Kier alpha value is -3.09. The topological polar surface area (TPSA) is 110 Å². The molecule has 0 bridgehead atoms. The van der Waals surface area contributed by atoms with Gasteiger partial charge in [-0.3, -0.25) is 14.2 Å². The molecule has 1 aliphatic carbocycles. The third-order valence-corrected chi connectivity index (χ3v) is 8.95. The van der Waals surface area contributed by atoms with Crippen molar-refractivity contribution in [2.45, 2.75) is 43.2 Å². The number of nitrogens with one attached hydrogen (secondary N) is 1. The molecule has 1 unspecified atom stereocenters. The smallest absolute Gasteiger partial charge is 0.408 e. The summed E-state index contributed by atoms with van der Waals surface area (Å²) >= 11 is 0.825. The van der Waals surface area contributed by atoms with Crippen LogP contribution < -0.4 is 10.5 Å². The molecular formula is C23H22FN5O4S2. The Morgan fingerprint density at radius 3 is 2.86 bits per heavy atom. The van der Waals surface area contributed by atoms with Crippen molar-refractivity contribution in [1.82, 2.24) is 18.8 Å². The average Bonchev–Trinajstić information content (AvgIpc) is 3.39. The molecule has 1 N–H and O–H groups in total. The Labute approximate surface area is 204 Å². The van der Waals surface area contributed by atoms with Crippen molar-refractivity contribution in [1.29, 1.82) is 0 Å². The van der Waals surface area contributed by atoms with Crippen LogP contribution in [0.3, 0.4) is 0 Å². The highest BCUT2D eigenvalue weighted by molar-refractivity contribution is 7.93. The van der Waals surface area contributed by atoms with E-state index in [1.54, 1.807) is 0 Å². The van der Waals surface area contributed by atoms with Crippen LogP contribution in [0.15, 0.2) is 50.8 Å². The standard InChI is InChI=1S/C23H22FN5O4S2/c24-18-10-19-20(11-21(18)35(31,32)27-22-25-13-26-34-22)33-23(30)29(19)12-15-4-1-3-14-5-6-16(9-17(14)15)28-7-2-8-28/h1,3-4,10-11,13,16H,2,5-9,12H2,(H,25,26,27). The highest BCUT2D eigenvalue weighted by Crippen LogP contribution is 2.31. The molecule has 1 saturated heterocycles. The van der Waals surface area contributed by atoms with E-state index in [4.69, 9.17) is 4.42 Å². The fraction of sp³-hybridized carbons (Fsp3) is 0.348. The van der Waals surface area contributed by atoms with Gasteiger partial charge in [0.15, 0.2) is 5.58 Å². The van der Waals surface area contributed by atoms with E-state index in [0.29, 0.717) is 6.04 Å². The number of rotatable bonds is 6. The summed E-state index contributed by atoms with van der Waals surface area (Å²) in [6.45, 7) is 2.48. The van der Waals surface area contributed by atoms with Crippen LogP contribution in [0, 0.1) is 5.82 Å². The van der Waals surface area contributed by atoms with E-state index < -0.39 is 26.5 Å². The molecule has 2 aromatic carbocycles. The molecule has 0 saturated carbocycles. The lowest BCUT2D eigenvalue weighted by Gasteiger charge is -2.41. The lowest BCUT2D eigenvalue weighted by Crippen LogP contribution is -2.47. The number of likely N-dealkylation sites (tertiary alicyclic amines) is 1. The van der Waals surface area contributed by atoms with Crippen LogP contribution in [-0.2, 0) is 29.4 Å². The fourth-order valence-corrected chi connectivity index (χ4v) is 6.73. The quantitative estimate of drug-likeness (QED) is 0.420. The second kappa shape index (κ2) is 8.54. The van der Waals surface area contributed by atoms with Gasteiger partial charge in [0.25, 0.3) is 10.0 Å². The largest absolute Gasteiger partial charge is 0.420 e. The molecule has 0 amide bonds. The summed E-state index contributed by atoms with van der Waals surface area (Å²) in [4.78, 5) is 18.4. The number of anilines is 1. The van der Waals surface area contributed by atoms with Gasteiger partial charge in [0.2, 0.25) is 5.13 Å². The highest BCUT2D eigenvalue weighted by Gasteiger charge is 2.29. The number of nitrogens with zero attached hydrogens (tertiary/aromatic N) is 4. The van der Waals surface area contributed by atoms with Gasteiger partial charge in [-0.2, -0.15) is 4.37 Å². The zero-order valence-electron chi connectivity index (χ0n) is 18.6. The van der Waals surface area contributed by atoms with Crippen molar-refractivity contribution in [2.75, 3.05) is 17.8 Å².